The van der Waals surface area contributed by atoms with Gasteiger partial charge in [-0.2, -0.15) is 0 Å². The molecule has 0 saturated carbocycles. The van der Waals surface area contributed by atoms with Crippen molar-refractivity contribution < 1.29 is 9.53 Å². The summed E-state index contributed by atoms with van der Waals surface area (Å²) in [6.07, 6.45) is 0.846. The van der Waals surface area contributed by atoms with E-state index >= 15 is 0 Å². The van der Waals surface area contributed by atoms with Gasteiger partial charge in [-0.3, -0.25) is 0 Å². The van der Waals surface area contributed by atoms with E-state index in [-0.39, 0.29) is 5.97 Å². The molecule has 2 aromatic rings. The second-order valence-corrected chi connectivity index (χ2v) is 5.24. The van der Waals surface area contributed by atoms with E-state index in [9.17, 15) is 4.79 Å². The summed E-state index contributed by atoms with van der Waals surface area (Å²) in [7, 11) is 1.36. The molecule has 1 aromatic heterocycles. The molecule has 0 fully saturated rings. The summed E-state index contributed by atoms with van der Waals surface area (Å²) in [6.45, 7) is 4.64. The molecule has 0 aliphatic carbocycles. The van der Waals surface area contributed by atoms with Crippen molar-refractivity contribution in [2.45, 2.75) is 26.8 Å². The molecule has 1 heterocycles. The van der Waals surface area contributed by atoms with Crippen LogP contribution in [0.15, 0.2) is 24.3 Å². The van der Waals surface area contributed by atoms with E-state index in [1.54, 1.807) is 16.8 Å². The summed E-state index contributed by atoms with van der Waals surface area (Å²) in [5.41, 5.74) is 8.90. The Labute approximate surface area is 123 Å². The minimum atomic E-state index is -0.356. The summed E-state index contributed by atoms with van der Waals surface area (Å²) in [5, 5.41) is 8.31. The second-order valence-electron chi connectivity index (χ2n) is 5.24. The lowest BCUT2D eigenvalue weighted by atomic mass is 10.1. The van der Waals surface area contributed by atoms with Gasteiger partial charge >= 0.3 is 5.97 Å². The number of ether oxygens (including phenoxy) is 1. The minimum Gasteiger partial charge on any atom is -0.465 e. The van der Waals surface area contributed by atoms with Gasteiger partial charge in [0, 0.05) is 6.54 Å². The van der Waals surface area contributed by atoms with Crippen molar-refractivity contribution in [1.82, 2.24) is 15.0 Å². The van der Waals surface area contributed by atoms with Crippen molar-refractivity contribution in [3.05, 3.63) is 41.2 Å². The Morgan fingerprint density at radius 1 is 1.33 bits per heavy atom. The third-order valence-corrected chi connectivity index (χ3v) is 3.17. The molecule has 0 spiro atoms. The van der Waals surface area contributed by atoms with E-state index in [2.05, 4.69) is 28.9 Å². The smallest absolute Gasteiger partial charge is 0.337 e. The van der Waals surface area contributed by atoms with Gasteiger partial charge in [-0.15, -0.1) is 5.10 Å². The zero-order valence-corrected chi connectivity index (χ0v) is 12.5. The molecule has 0 aliphatic rings. The first-order valence-corrected chi connectivity index (χ1v) is 6.89. The van der Waals surface area contributed by atoms with E-state index in [1.165, 1.54) is 7.11 Å². The second kappa shape index (κ2) is 6.49. The van der Waals surface area contributed by atoms with Crippen LogP contribution in [0.3, 0.4) is 0 Å². The fourth-order valence-corrected chi connectivity index (χ4v) is 2.15. The van der Waals surface area contributed by atoms with Crippen LogP contribution in [0, 0.1) is 5.92 Å². The van der Waals surface area contributed by atoms with Crippen molar-refractivity contribution in [3.63, 3.8) is 0 Å². The van der Waals surface area contributed by atoms with Crippen molar-refractivity contribution >= 4 is 5.97 Å². The molecule has 6 heteroatoms. The summed E-state index contributed by atoms with van der Waals surface area (Å²) >= 11 is 0. The number of aromatic nitrogens is 3. The Bertz CT molecular complexity index is 617. The lowest BCUT2D eigenvalue weighted by molar-refractivity contribution is 0.0601. The van der Waals surface area contributed by atoms with E-state index in [1.807, 2.05) is 12.1 Å². The number of methoxy groups -OCH3 is 1. The average Bonchev–Trinajstić information content (AvgIpc) is 2.88. The molecule has 0 radical (unpaired) electrons. The van der Waals surface area contributed by atoms with Gasteiger partial charge in [0.05, 0.1) is 29.7 Å². The Balaban J connectivity index is 2.37. The van der Waals surface area contributed by atoms with Crippen LogP contribution in [-0.2, 0) is 17.7 Å². The number of carbonyl (C=O) groups is 1. The Morgan fingerprint density at radius 3 is 2.52 bits per heavy atom. The number of benzene rings is 1. The number of nitrogens with zero attached hydrogens (tertiary/aromatic N) is 3. The maximum Gasteiger partial charge on any atom is 0.337 e. The molecule has 6 nitrogen and oxygen atoms in total. The number of rotatable bonds is 5. The molecule has 1 aromatic carbocycles. The van der Waals surface area contributed by atoms with Crippen molar-refractivity contribution in [2.24, 2.45) is 11.7 Å². The normalized spacial score (nSPS) is 10.9. The molecule has 0 unspecified atom stereocenters. The highest BCUT2D eigenvalue weighted by Crippen LogP contribution is 2.17. The molecule has 2 N–H and O–H groups in total. The van der Waals surface area contributed by atoms with Gasteiger partial charge in [0.1, 0.15) is 0 Å². The molecule has 0 saturated heterocycles. The van der Waals surface area contributed by atoms with Gasteiger partial charge in [0.25, 0.3) is 0 Å². The molecule has 21 heavy (non-hydrogen) atoms. The molecule has 0 atom stereocenters. The van der Waals surface area contributed by atoms with Crippen LogP contribution in [0.4, 0.5) is 0 Å². The summed E-state index contributed by atoms with van der Waals surface area (Å²) in [5.74, 6) is 0.118. The highest BCUT2D eigenvalue weighted by atomic mass is 16.5. The molecular weight excluding hydrogens is 268 g/mol. The number of esters is 1. The van der Waals surface area contributed by atoms with E-state index in [0.29, 0.717) is 18.0 Å². The monoisotopic (exact) mass is 288 g/mol. The van der Waals surface area contributed by atoms with E-state index in [4.69, 9.17) is 5.73 Å². The van der Waals surface area contributed by atoms with Crippen molar-refractivity contribution in [1.29, 1.82) is 0 Å². The SMILES string of the molecule is COC(=O)c1ccc(-n2nnc(CN)c2CC(C)C)cc1. The summed E-state index contributed by atoms with van der Waals surface area (Å²) in [4.78, 5) is 11.5. The van der Waals surface area contributed by atoms with Crippen LogP contribution in [0.25, 0.3) is 5.69 Å². The van der Waals surface area contributed by atoms with E-state index in [0.717, 1.165) is 23.5 Å². The third-order valence-electron chi connectivity index (χ3n) is 3.17. The highest BCUT2D eigenvalue weighted by Gasteiger charge is 2.15. The van der Waals surface area contributed by atoms with Gasteiger partial charge in [-0.05, 0) is 36.6 Å². The van der Waals surface area contributed by atoms with Gasteiger partial charge < -0.3 is 10.5 Å². The summed E-state index contributed by atoms with van der Waals surface area (Å²) in [6, 6.07) is 7.07. The molecule has 0 aliphatic heterocycles. The maximum atomic E-state index is 11.5. The highest BCUT2D eigenvalue weighted by molar-refractivity contribution is 5.89. The largest absolute Gasteiger partial charge is 0.465 e. The number of hydrogen-bond donors (Lipinski definition) is 1. The average molecular weight is 288 g/mol. The molecule has 2 rings (SSSR count). The zero-order chi connectivity index (χ0) is 15.4. The topological polar surface area (TPSA) is 83.0 Å². The van der Waals surface area contributed by atoms with E-state index < -0.39 is 0 Å². The standard InChI is InChI=1S/C15H20N4O2/c1-10(2)8-14-13(9-16)17-18-19(14)12-6-4-11(5-7-12)15(20)21-3/h4-7,10H,8-9,16H2,1-3H3. The van der Waals surface area contributed by atoms with Gasteiger partial charge in [-0.1, -0.05) is 19.1 Å². The number of hydrogen-bond acceptors (Lipinski definition) is 5. The van der Waals surface area contributed by atoms with Crippen molar-refractivity contribution in [3.8, 4) is 5.69 Å². The number of carbonyl (C=O) groups excluding carboxylic acids is 1. The quantitative estimate of drug-likeness (QED) is 0.847. The van der Waals surface area contributed by atoms with Crippen molar-refractivity contribution in [2.75, 3.05) is 7.11 Å². The van der Waals surface area contributed by atoms with Gasteiger partial charge in [-0.25, -0.2) is 9.48 Å². The van der Waals surface area contributed by atoms with Crippen LogP contribution in [0.2, 0.25) is 0 Å². The van der Waals surface area contributed by atoms with Crippen LogP contribution < -0.4 is 5.73 Å². The fourth-order valence-electron chi connectivity index (χ4n) is 2.15. The Morgan fingerprint density at radius 2 is 2.00 bits per heavy atom. The summed E-state index contributed by atoms with van der Waals surface area (Å²) < 4.78 is 6.47. The lowest BCUT2D eigenvalue weighted by Crippen LogP contribution is -2.09. The maximum absolute atomic E-state index is 11.5. The minimum absolute atomic E-state index is 0.356. The Kier molecular flexibility index (Phi) is 4.70. The number of nitrogens with two attached hydrogens (primary N) is 1. The van der Waals surface area contributed by atoms with Crippen LogP contribution in [0.1, 0.15) is 35.6 Å². The molecule has 0 bridgehead atoms. The predicted molar refractivity (Wildman–Crippen MR) is 79.1 cm³/mol. The van der Waals surface area contributed by atoms with Gasteiger partial charge in [0.15, 0.2) is 0 Å². The van der Waals surface area contributed by atoms with Crippen LogP contribution in [-0.4, -0.2) is 28.1 Å². The molecule has 0 amide bonds. The van der Waals surface area contributed by atoms with Crippen LogP contribution in [0.5, 0.6) is 0 Å². The first kappa shape index (κ1) is 15.2. The first-order chi connectivity index (χ1) is 10.1. The third kappa shape index (κ3) is 3.28. The lowest BCUT2D eigenvalue weighted by Gasteiger charge is -2.10. The molecular formula is C15H20N4O2. The predicted octanol–water partition coefficient (Wildman–Crippen LogP) is 1.71. The van der Waals surface area contributed by atoms with Crippen LogP contribution >= 0.6 is 0 Å². The first-order valence-electron chi connectivity index (χ1n) is 6.89. The fraction of sp³-hybridized carbons (Fsp3) is 0.400. The Hall–Kier alpha value is -2.21. The zero-order valence-electron chi connectivity index (χ0n) is 12.5. The van der Waals surface area contributed by atoms with Gasteiger partial charge in [0.2, 0.25) is 0 Å². The molecule has 112 valence electrons.